The second-order valence-corrected chi connectivity index (χ2v) is 7.79. The Labute approximate surface area is 151 Å². The van der Waals surface area contributed by atoms with Gasteiger partial charge in [0.05, 0.1) is 29.6 Å². The monoisotopic (exact) mass is 358 g/mol. The van der Waals surface area contributed by atoms with E-state index in [1.54, 1.807) is 11.2 Å². The van der Waals surface area contributed by atoms with Gasteiger partial charge in [-0.05, 0) is 37.3 Å². The molecular weight excluding hydrogens is 336 g/mol. The SMILES string of the molecule is CCOc1ccc2nc(N(Cc3ccco3)C(=O)C(C)(C)C)sc2c1. The largest absolute Gasteiger partial charge is 0.494 e. The number of aromatic nitrogens is 1. The summed E-state index contributed by atoms with van der Waals surface area (Å²) in [6, 6.07) is 9.47. The molecule has 1 aromatic carbocycles. The summed E-state index contributed by atoms with van der Waals surface area (Å²) in [7, 11) is 0. The van der Waals surface area contributed by atoms with Gasteiger partial charge in [-0.3, -0.25) is 9.69 Å². The predicted molar refractivity (Wildman–Crippen MR) is 100 cm³/mol. The van der Waals surface area contributed by atoms with Crippen LogP contribution >= 0.6 is 11.3 Å². The average molecular weight is 358 g/mol. The van der Waals surface area contributed by atoms with E-state index in [-0.39, 0.29) is 5.91 Å². The summed E-state index contributed by atoms with van der Waals surface area (Å²) in [5.41, 5.74) is 0.343. The number of ether oxygens (including phenoxy) is 1. The van der Waals surface area contributed by atoms with Crippen LogP contribution < -0.4 is 9.64 Å². The van der Waals surface area contributed by atoms with Gasteiger partial charge >= 0.3 is 0 Å². The number of carbonyl (C=O) groups is 1. The fourth-order valence-corrected chi connectivity index (χ4v) is 3.45. The van der Waals surface area contributed by atoms with Gasteiger partial charge in [0.15, 0.2) is 5.13 Å². The number of hydrogen-bond acceptors (Lipinski definition) is 5. The van der Waals surface area contributed by atoms with Gasteiger partial charge in [-0.25, -0.2) is 4.98 Å². The molecule has 3 rings (SSSR count). The first-order valence-corrected chi connectivity index (χ1v) is 9.08. The van der Waals surface area contributed by atoms with Crippen LogP contribution in [0.4, 0.5) is 5.13 Å². The lowest BCUT2D eigenvalue weighted by atomic mass is 9.95. The highest BCUT2D eigenvalue weighted by atomic mass is 32.1. The molecule has 0 fully saturated rings. The number of fused-ring (bicyclic) bond motifs is 1. The molecule has 5 nitrogen and oxygen atoms in total. The molecule has 0 aliphatic carbocycles. The molecule has 3 aromatic rings. The molecule has 0 unspecified atom stereocenters. The lowest BCUT2D eigenvalue weighted by Gasteiger charge is -2.26. The lowest BCUT2D eigenvalue weighted by Crippen LogP contribution is -2.39. The van der Waals surface area contributed by atoms with Crippen LogP contribution in [0.5, 0.6) is 5.75 Å². The van der Waals surface area contributed by atoms with Crippen LogP contribution in [-0.4, -0.2) is 17.5 Å². The Morgan fingerprint density at radius 1 is 1.32 bits per heavy atom. The smallest absolute Gasteiger partial charge is 0.234 e. The predicted octanol–water partition coefficient (Wildman–Crippen LogP) is 4.87. The Bertz CT molecular complexity index is 863. The second kappa shape index (κ2) is 6.88. The van der Waals surface area contributed by atoms with Gasteiger partial charge in [-0.2, -0.15) is 0 Å². The van der Waals surface area contributed by atoms with Crippen molar-refractivity contribution in [2.75, 3.05) is 11.5 Å². The maximum atomic E-state index is 13.0. The summed E-state index contributed by atoms with van der Waals surface area (Å²) in [6.45, 7) is 8.65. The standard InChI is InChI=1S/C19H22N2O3S/c1-5-23-13-8-9-15-16(11-13)25-18(20-15)21(17(22)19(2,3)4)12-14-7-6-10-24-14/h6-11H,5,12H2,1-4H3. The molecular formula is C19H22N2O3S. The van der Waals surface area contributed by atoms with Crippen LogP contribution in [0, 0.1) is 5.41 Å². The normalized spacial score (nSPS) is 11.7. The van der Waals surface area contributed by atoms with E-state index >= 15 is 0 Å². The van der Waals surface area contributed by atoms with Crippen molar-refractivity contribution in [3.8, 4) is 5.75 Å². The topological polar surface area (TPSA) is 55.6 Å². The molecule has 2 aromatic heterocycles. The Hall–Kier alpha value is -2.34. The molecule has 0 radical (unpaired) electrons. The first kappa shape index (κ1) is 17.5. The Balaban J connectivity index is 1.99. The molecule has 0 atom stereocenters. The molecule has 0 aliphatic heterocycles. The molecule has 132 valence electrons. The van der Waals surface area contributed by atoms with Crippen molar-refractivity contribution in [3.05, 3.63) is 42.4 Å². The van der Waals surface area contributed by atoms with E-state index in [1.807, 2.05) is 58.0 Å². The zero-order valence-electron chi connectivity index (χ0n) is 14.9. The van der Waals surface area contributed by atoms with Gasteiger partial charge < -0.3 is 9.15 Å². The molecule has 0 bridgehead atoms. The minimum atomic E-state index is -0.513. The van der Waals surface area contributed by atoms with Crippen molar-refractivity contribution in [2.24, 2.45) is 5.41 Å². The van der Waals surface area contributed by atoms with Crippen molar-refractivity contribution < 1.29 is 13.9 Å². The Kier molecular flexibility index (Phi) is 4.81. The van der Waals surface area contributed by atoms with Crippen LogP contribution in [0.2, 0.25) is 0 Å². The maximum Gasteiger partial charge on any atom is 0.234 e. The van der Waals surface area contributed by atoms with Gasteiger partial charge in [-0.15, -0.1) is 0 Å². The van der Waals surface area contributed by atoms with Gasteiger partial charge in [-0.1, -0.05) is 32.1 Å². The van der Waals surface area contributed by atoms with E-state index in [0.29, 0.717) is 18.3 Å². The lowest BCUT2D eigenvalue weighted by molar-refractivity contribution is -0.126. The van der Waals surface area contributed by atoms with Crippen molar-refractivity contribution in [1.29, 1.82) is 0 Å². The van der Waals surface area contributed by atoms with Crippen molar-refractivity contribution in [2.45, 2.75) is 34.2 Å². The molecule has 0 N–H and O–H groups in total. The number of thiazole rings is 1. The van der Waals surface area contributed by atoms with Gasteiger partial charge in [0.2, 0.25) is 5.91 Å². The van der Waals surface area contributed by atoms with Crippen LogP contribution in [0.1, 0.15) is 33.5 Å². The first-order chi connectivity index (χ1) is 11.9. The molecule has 0 saturated heterocycles. The first-order valence-electron chi connectivity index (χ1n) is 8.26. The summed E-state index contributed by atoms with van der Waals surface area (Å²) in [5.74, 6) is 1.55. The number of furan rings is 1. The highest BCUT2D eigenvalue weighted by molar-refractivity contribution is 7.22. The molecule has 1 amide bonds. The summed E-state index contributed by atoms with van der Waals surface area (Å²) in [5, 5.41) is 0.667. The maximum absolute atomic E-state index is 13.0. The summed E-state index contributed by atoms with van der Waals surface area (Å²) in [6.07, 6.45) is 1.61. The molecule has 0 spiro atoms. The van der Waals surface area contributed by atoms with E-state index in [2.05, 4.69) is 4.98 Å². The number of anilines is 1. The zero-order valence-corrected chi connectivity index (χ0v) is 15.7. The van der Waals surface area contributed by atoms with Crippen molar-refractivity contribution in [1.82, 2.24) is 4.98 Å². The van der Waals surface area contributed by atoms with Crippen LogP contribution in [0.25, 0.3) is 10.2 Å². The molecule has 2 heterocycles. The quantitative estimate of drug-likeness (QED) is 0.653. The second-order valence-electron chi connectivity index (χ2n) is 6.78. The van der Waals surface area contributed by atoms with E-state index in [0.717, 1.165) is 21.7 Å². The van der Waals surface area contributed by atoms with Gasteiger partial charge in [0.25, 0.3) is 0 Å². The third kappa shape index (κ3) is 3.85. The number of benzene rings is 1. The van der Waals surface area contributed by atoms with E-state index in [4.69, 9.17) is 9.15 Å². The van der Waals surface area contributed by atoms with E-state index in [1.165, 1.54) is 11.3 Å². The molecule has 6 heteroatoms. The van der Waals surface area contributed by atoms with Crippen molar-refractivity contribution >= 4 is 32.6 Å². The molecule has 0 saturated carbocycles. The number of nitrogens with zero attached hydrogens (tertiary/aromatic N) is 2. The fourth-order valence-electron chi connectivity index (χ4n) is 2.45. The van der Waals surface area contributed by atoms with Gasteiger partial charge in [0, 0.05) is 5.41 Å². The minimum absolute atomic E-state index is 0.00740. The molecule has 0 aliphatic rings. The third-order valence-electron chi connectivity index (χ3n) is 3.67. The number of amides is 1. The Morgan fingerprint density at radius 3 is 2.76 bits per heavy atom. The zero-order chi connectivity index (χ0) is 18.0. The van der Waals surface area contributed by atoms with E-state index in [9.17, 15) is 4.79 Å². The highest BCUT2D eigenvalue weighted by Gasteiger charge is 2.30. The van der Waals surface area contributed by atoms with Gasteiger partial charge in [0.1, 0.15) is 11.5 Å². The number of rotatable bonds is 5. The summed E-state index contributed by atoms with van der Waals surface area (Å²) >= 11 is 1.48. The van der Waals surface area contributed by atoms with Crippen LogP contribution in [0.15, 0.2) is 41.0 Å². The van der Waals surface area contributed by atoms with Crippen molar-refractivity contribution in [3.63, 3.8) is 0 Å². The summed E-state index contributed by atoms with van der Waals surface area (Å²) in [4.78, 5) is 19.3. The third-order valence-corrected chi connectivity index (χ3v) is 4.71. The summed E-state index contributed by atoms with van der Waals surface area (Å²) < 4.78 is 12.0. The van der Waals surface area contributed by atoms with Crippen LogP contribution in [-0.2, 0) is 11.3 Å². The molecule has 25 heavy (non-hydrogen) atoms. The van der Waals surface area contributed by atoms with E-state index < -0.39 is 5.41 Å². The fraction of sp³-hybridized carbons (Fsp3) is 0.368. The highest BCUT2D eigenvalue weighted by Crippen LogP contribution is 2.34. The number of carbonyl (C=O) groups excluding carboxylic acids is 1. The average Bonchev–Trinajstić information content (AvgIpc) is 3.20. The number of hydrogen-bond donors (Lipinski definition) is 0. The Morgan fingerprint density at radius 2 is 2.12 bits per heavy atom. The van der Waals surface area contributed by atoms with Crippen LogP contribution in [0.3, 0.4) is 0 Å². The minimum Gasteiger partial charge on any atom is -0.494 e.